The number of aromatic nitrogens is 1. The summed E-state index contributed by atoms with van der Waals surface area (Å²) in [5.74, 6) is 0. The predicted octanol–water partition coefficient (Wildman–Crippen LogP) is 1.71. The van der Waals surface area contributed by atoms with Crippen LogP contribution in [0.5, 0.6) is 0 Å². The van der Waals surface area contributed by atoms with Crippen molar-refractivity contribution < 1.29 is 17.9 Å². The maximum Gasteiger partial charge on any atom is 0.411 e. The lowest BCUT2D eigenvalue weighted by Crippen LogP contribution is -2.21. The average Bonchev–Trinajstić information content (AvgIpc) is 2.27. The molecule has 0 fully saturated rings. The molecule has 0 saturated heterocycles. The Kier molecular flexibility index (Phi) is 5.29. The smallest absolute Gasteiger partial charge is 0.388 e. The zero-order valence-corrected chi connectivity index (χ0v) is 10.1. The molecule has 4 nitrogen and oxygen atoms in total. The van der Waals surface area contributed by atoms with Crippen LogP contribution in [0.15, 0.2) is 18.3 Å². The molecule has 1 aromatic heterocycles. The molecule has 1 rings (SSSR count). The van der Waals surface area contributed by atoms with E-state index in [0.717, 1.165) is 0 Å². The molecule has 0 atom stereocenters. The lowest BCUT2D eigenvalue weighted by Gasteiger charge is -2.11. The molecule has 0 unspecified atom stereocenters. The monoisotopic (exact) mass is 279 g/mol. The van der Waals surface area contributed by atoms with E-state index < -0.39 is 12.8 Å². The van der Waals surface area contributed by atoms with Gasteiger partial charge in [-0.15, -0.1) is 0 Å². The fraction of sp³-hybridized carbons (Fsp3) is 0.400. The number of hydrogen-bond donors (Lipinski definition) is 2. The van der Waals surface area contributed by atoms with E-state index in [4.69, 9.17) is 18.0 Å². The van der Waals surface area contributed by atoms with E-state index in [0.29, 0.717) is 11.4 Å². The van der Waals surface area contributed by atoms with Gasteiger partial charge < -0.3 is 15.8 Å². The number of rotatable bonds is 6. The Balaban J connectivity index is 2.38. The van der Waals surface area contributed by atoms with Crippen LogP contribution in [0.1, 0.15) is 5.69 Å². The maximum atomic E-state index is 11.8. The van der Waals surface area contributed by atoms with Crippen molar-refractivity contribution in [3.63, 3.8) is 0 Å². The van der Waals surface area contributed by atoms with Gasteiger partial charge in [-0.05, 0) is 12.1 Å². The highest BCUT2D eigenvalue weighted by Crippen LogP contribution is 2.14. The molecule has 1 aromatic rings. The van der Waals surface area contributed by atoms with Gasteiger partial charge in [-0.3, -0.25) is 4.98 Å². The summed E-state index contributed by atoms with van der Waals surface area (Å²) in [5.41, 5.74) is 6.43. The molecule has 0 radical (unpaired) electrons. The van der Waals surface area contributed by atoms with Crippen LogP contribution >= 0.6 is 12.2 Å². The molecular weight excluding hydrogens is 267 g/mol. The third-order valence-corrected chi connectivity index (χ3v) is 2.06. The number of nitrogens with zero attached hydrogens (tertiary/aromatic N) is 1. The van der Waals surface area contributed by atoms with Gasteiger partial charge in [0.15, 0.2) is 0 Å². The van der Waals surface area contributed by atoms with Crippen LogP contribution < -0.4 is 11.1 Å². The first kappa shape index (κ1) is 14.7. The Morgan fingerprint density at radius 2 is 2.22 bits per heavy atom. The number of anilines is 1. The number of pyridine rings is 1. The second kappa shape index (κ2) is 6.50. The summed E-state index contributed by atoms with van der Waals surface area (Å²) in [4.78, 5) is 4.09. The topological polar surface area (TPSA) is 60.2 Å². The largest absolute Gasteiger partial charge is 0.411 e. The van der Waals surface area contributed by atoms with E-state index in [-0.39, 0.29) is 18.1 Å². The minimum absolute atomic E-state index is 0.0782. The van der Waals surface area contributed by atoms with Crippen molar-refractivity contribution in [2.45, 2.75) is 6.18 Å². The third-order valence-electron chi connectivity index (χ3n) is 1.87. The highest BCUT2D eigenvalue weighted by molar-refractivity contribution is 7.80. The van der Waals surface area contributed by atoms with Crippen molar-refractivity contribution in [1.29, 1.82) is 0 Å². The number of halogens is 3. The van der Waals surface area contributed by atoms with Crippen LogP contribution in [-0.4, -0.2) is 35.9 Å². The number of ether oxygens (including phenoxy) is 1. The molecule has 0 aliphatic carbocycles. The fourth-order valence-corrected chi connectivity index (χ4v) is 1.35. The molecular formula is C10H12F3N3OS. The maximum absolute atomic E-state index is 11.8. The lowest BCUT2D eigenvalue weighted by molar-refractivity contribution is -0.172. The van der Waals surface area contributed by atoms with Crippen molar-refractivity contribution in [3.05, 3.63) is 24.0 Å². The molecule has 0 aliphatic rings. The van der Waals surface area contributed by atoms with Gasteiger partial charge in [-0.2, -0.15) is 13.2 Å². The first-order valence-corrected chi connectivity index (χ1v) is 5.44. The molecule has 3 N–H and O–H groups in total. The van der Waals surface area contributed by atoms with Crippen LogP contribution in [-0.2, 0) is 4.74 Å². The second-order valence-corrected chi connectivity index (χ2v) is 3.80. The summed E-state index contributed by atoms with van der Waals surface area (Å²) >= 11 is 4.80. The molecule has 0 aliphatic heterocycles. The summed E-state index contributed by atoms with van der Waals surface area (Å²) in [6.07, 6.45) is -2.78. The van der Waals surface area contributed by atoms with E-state index in [2.05, 4.69) is 15.0 Å². The number of nitrogens with two attached hydrogens (primary N) is 1. The van der Waals surface area contributed by atoms with Crippen molar-refractivity contribution in [1.82, 2.24) is 4.98 Å². The van der Waals surface area contributed by atoms with E-state index in [1.54, 1.807) is 12.1 Å². The number of thiocarbonyl (C=S) groups is 1. The zero-order chi connectivity index (χ0) is 13.6. The highest BCUT2D eigenvalue weighted by atomic mass is 32.1. The number of nitrogens with one attached hydrogen (secondary N) is 1. The van der Waals surface area contributed by atoms with Gasteiger partial charge in [-0.1, -0.05) is 12.2 Å². The quantitative estimate of drug-likeness (QED) is 0.613. The highest BCUT2D eigenvalue weighted by Gasteiger charge is 2.27. The summed E-state index contributed by atoms with van der Waals surface area (Å²) in [6.45, 7) is -1.13. The first-order valence-electron chi connectivity index (χ1n) is 5.03. The van der Waals surface area contributed by atoms with Gasteiger partial charge in [0.2, 0.25) is 0 Å². The van der Waals surface area contributed by atoms with Gasteiger partial charge in [0.1, 0.15) is 17.3 Å². The van der Waals surface area contributed by atoms with Gasteiger partial charge in [-0.25, -0.2) is 0 Å². The first-order chi connectivity index (χ1) is 8.40. The van der Waals surface area contributed by atoms with Crippen LogP contribution in [0.3, 0.4) is 0 Å². The Morgan fingerprint density at radius 1 is 1.50 bits per heavy atom. The van der Waals surface area contributed by atoms with Gasteiger partial charge in [0.05, 0.1) is 12.3 Å². The minimum atomic E-state index is -4.31. The summed E-state index contributed by atoms with van der Waals surface area (Å²) in [6, 6.07) is 3.35. The Labute approximate surface area is 107 Å². The molecule has 8 heteroatoms. The molecule has 1 heterocycles. The van der Waals surface area contributed by atoms with E-state index in [1.807, 2.05) is 0 Å². The van der Waals surface area contributed by atoms with E-state index >= 15 is 0 Å². The van der Waals surface area contributed by atoms with Crippen molar-refractivity contribution in [2.24, 2.45) is 5.73 Å². The van der Waals surface area contributed by atoms with Crippen LogP contribution in [0.25, 0.3) is 0 Å². The SMILES string of the molecule is NC(=S)c1ncccc1NCCOCC(F)(F)F. The lowest BCUT2D eigenvalue weighted by atomic mass is 10.3. The summed E-state index contributed by atoms with van der Waals surface area (Å²) in [5, 5.41) is 2.86. The Morgan fingerprint density at radius 3 is 2.83 bits per heavy atom. The van der Waals surface area contributed by atoms with E-state index in [9.17, 15) is 13.2 Å². The van der Waals surface area contributed by atoms with Crippen LogP contribution in [0, 0.1) is 0 Å². The molecule has 0 aromatic carbocycles. The van der Waals surface area contributed by atoms with Crippen molar-refractivity contribution >= 4 is 22.9 Å². The Hall–Kier alpha value is -1.41. The van der Waals surface area contributed by atoms with Crippen LogP contribution in [0.2, 0.25) is 0 Å². The number of alkyl halides is 3. The number of hydrogen-bond acceptors (Lipinski definition) is 4. The summed E-state index contributed by atoms with van der Waals surface area (Å²) in [7, 11) is 0. The van der Waals surface area contributed by atoms with E-state index in [1.165, 1.54) is 6.20 Å². The van der Waals surface area contributed by atoms with Gasteiger partial charge >= 0.3 is 6.18 Å². The van der Waals surface area contributed by atoms with Gasteiger partial charge in [0, 0.05) is 12.7 Å². The second-order valence-electron chi connectivity index (χ2n) is 3.36. The minimum Gasteiger partial charge on any atom is -0.388 e. The molecule has 100 valence electrons. The molecule has 18 heavy (non-hydrogen) atoms. The summed E-state index contributed by atoms with van der Waals surface area (Å²) < 4.78 is 39.8. The molecule has 0 amide bonds. The fourth-order valence-electron chi connectivity index (χ4n) is 1.19. The molecule has 0 spiro atoms. The average molecular weight is 279 g/mol. The zero-order valence-electron chi connectivity index (χ0n) is 9.33. The van der Waals surface area contributed by atoms with Gasteiger partial charge in [0.25, 0.3) is 0 Å². The normalized spacial score (nSPS) is 11.3. The molecule has 0 bridgehead atoms. The Bertz CT molecular complexity index is 412. The third kappa shape index (κ3) is 5.28. The molecule has 0 saturated carbocycles. The van der Waals surface area contributed by atoms with Crippen molar-refractivity contribution in [3.8, 4) is 0 Å². The standard InChI is InChI=1S/C10H12F3N3OS/c11-10(12,13)6-17-5-4-15-7-2-1-3-16-8(7)9(14)18/h1-3,15H,4-6H2,(H2,14,18). The van der Waals surface area contributed by atoms with Crippen LogP contribution in [0.4, 0.5) is 18.9 Å². The predicted molar refractivity (Wildman–Crippen MR) is 65.5 cm³/mol. The van der Waals surface area contributed by atoms with Crippen molar-refractivity contribution in [2.75, 3.05) is 25.1 Å².